The Labute approximate surface area is 235 Å². The summed E-state index contributed by atoms with van der Waals surface area (Å²) in [4.78, 5) is 16.1. The number of sulfonamides is 1. The zero-order valence-electron chi connectivity index (χ0n) is 22.1. The van der Waals surface area contributed by atoms with E-state index in [1.54, 1.807) is 30.3 Å². The Balaban J connectivity index is 1.57. The first-order chi connectivity index (χ1) is 18.4. The monoisotopic (exact) mass is 599 g/mol. The van der Waals surface area contributed by atoms with Gasteiger partial charge in [0.15, 0.2) is 0 Å². The molecule has 0 radical (unpaired) electrons. The zero-order valence-corrected chi connectivity index (χ0v) is 24.5. The lowest BCUT2D eigenvalue weighted by Crippen LogP contribution is -2.47. The van der Waals surface area contributed by atoms with E-state index >= 15 is 0 Å². The summed E-state index contributed by atoms with van der Waals surface area (Å²) in [7, 11) is -3.77. The fraction of sp³-hybridized carbons (Fsp3) is 0.433. The second-order valence-electron chi connectivity index (χ2n) is 10.1. The highest BCUT2D eigenvalue weighted by atomic mass is 79.9. The van der Waals surface area contributed by atoms with Gasteiger partial charge in [-0.05, 0) is 61.2 Å². The molecule has 0 N–H and O–H groups in total. The van der Waals surface area contributed by atoms with E-state index in [-0.39, 0.29) is 23.4 Å². The number of benzene rings is 2. The van der Waals surface area contributed by atoms with Gasteiger partial charge in [-0.3, -0.25) is 4.79 Å². The van der Waals surface area contributed by atoms with Crippen LogP contribution in [0.5, 0.6) is 0 Å². The Kier molecular flexibility index (Phi) is 10.2. The topological polar surface area (TPSA) is 62.6 Å². The number of carbonyl (C=O) groups is 1. The molecule has 0 saturated heterocycles. The molecule has 2 aromatic carbocycles. The first kappa shape index (κ1) is 28.6. The molecule has 1 amide bonds. The molecule has 1 aliphatic carbocycles. The van der Waals surface area contributed by atoms with Gasteiger partial charge in [0.1, 0.15) is 0 Å². The van der Waals surface area contributed by atoms with Crippen LogP contribution in [-0.4, -0.2) is 47.2 Å². The van der Waals surface area contributed by atoms with Crippen molar-refractivity contribution in [1.29, 1.82) is 0 Å². The van der Waals surface area contributed by atoms with Crippen LogP contribution in [0, 0.1) is 0 Å². The summed E-state index contributed by atoms with van der Waals surface area (Å²) in [5, 5.41) is 0. The number of rotatable bonds is 12. The van der Waals surface area contributed by atoms with E-state index < -0.39 is 10.0 Å². The molecular formula is C30H38BrN3O3S. The fourth-order valence-electron chi connectivity index (χ4n) is 5.12. The van der Waals surface area contributed by atoms with E-state index in [1.807, 2.05) is 36.2 Å². The molecule has 204 valence electrons. The molecule has 0 atom stereocenters. The van der Waals surface area contributed by atoms with Crippen LogP contribution >= 0.6 is 15.9 Å². The number of amides is 1. The van der Waals surface area contributed by atoms with Crippen LogP contribution in [0.1, 0.15) is 63.1 Å². The predicted molar refractivity (Wildman–Crippen MR) is 155 cm³/mol. The third kappa shape index (κ3) is 7.36. The van der Waals surface area contributed by atoms with Crippen LogP contribution in [0.2, 0.25) is 0 Å². The molecule has 0 aliphatic heterocycles. The maximum Gasteiger partial charge on any atom is 0.243 e. The van der Waals surface area contributed by atoms with Crippen LogP contribution in [0.3, 0.4) is 0 Å². The van der Waals surface area contributed by atoms with Crippen molar-refractivity contribution >= 4 is 31.9 Å². The summed E-state index contributed by atoms with van der Waals surface area (Å²) >= 11 is 3.50. The summed E-state index contributed by atoms with van der Waals surface area (Å²) in [6.45, 7) is 3.41. The first-order valence-electron chi connectivity index (χ1n) is 13.6. The summed E-state index contributed by atoms with van der Waals surface area (Å²) in [6.07, 6.45) is 8.90. The van der Waals surface area contributed by atoms with Crippen molar-refractivity contribution in [2.45, 2.75) is 75.9 Å². The summed E-state index contributed by atoms with van der Waals surface area (Å²) in [5.41, 5.74) is 2.23. The largest absolute Gasteiger partial charge is 0.345 e. The lowest BCUT2D eigenvalue weighted by atomic mass is 9.94. The third-order valence-electron chi connectivity index (χ3n) is 7.31. The van der Waals surface area contributed by atoms with Crippen molar-refractivity contribution < 1.29 is 13.2 Å². The number of nitrogens with zero attached hydrogens (tertiary/aromatic N) is 3. The molecule has 8 heteroatoms. The molecule has 3 aromatic rings. The summed E-state index contributed by atoms with van der Waals surface area (Å²) < 4.78 is 31.6. The van der Waals surface area contributed by atoms with Gasteiger partial charge in [-0.1, -0.05) is 78.9 Å². The number of hydrogen-bond donors (Lipinski definition) is 0. The van der Waals surface area contributed by atoms with Crippen LogP contribution in [0.4, 0.5) is 0 Å². The molecule has 1 aliphatic rings. The second kappa shape index (κ2) is 13.6. The minimum Gasteiger partial charge on any atom is -0.345 e. The van der Waals surface area contributed by atoms with Gasteiger partial charge in [0.05, 0.1) is 18.0 Å². The van der Waals surface area contributed by atoms with Gasteiger partial charge in [0.2, 0.25) is 15.9 Å². The highest BCUT2D eigenvalue weighted by Gasteiger charge is 2.31. The maximum atomic E-state index is 13.9. The van der Waals surface area contributed by atoms with Gasteiger partial charge < -0.3 is 9.47 Å². The molecule has 6 nitrogen and oxygen atoms in total. The van der Waals surface area contributed by atoms with Gasteiger partial charge in [0.25, 0.3) is 0 Å². The quantitative estimate of drug-likeness (QED) is 0.240. The minimum absolute atomic E-state index is 0.121. The number of unbranched alkanes of at least 4 members (excludes halogenated alkanes) is 1. The molecule has 38 heavy (non-hydrogen) atoms. The van der Waals surface area contributed by atoms with Crippen molar-refractivity contribution in [2.75, 3.05) is 13.1 Å². The third-order valence-corrected chi connectivity index (χ3v) is 9.70. The van der Waals surface area contributed by atoms with Crippen molar-refractivity contribution in [2.24, 2.45) is 0 Å². The lowest BCUT2D eigenvalue weighted by molar-refractivity contribution is -0.135. The van der Waals surface area contributed by atoms with Gasteiger partial charge in [-0.25, -0.2) is 8.42 Å². The van der Waals surface area contributed by atoms with E-state index in [1.165, 1.54) is 16.3 Å². The number of halogens is 1. The maximum absolute atomic E-state index is 13.9. The Hall–Kier alpha value is -2.42. The second-order valence-corrected chi connectivity index (χ2v) is 12.9. The van der Waals surface area contributed by atoms with Crippen molar-refractivity contribution in [3.05, 3.63) is 88.7 Å². The highest BCUT2D eigenvalue weighted by Crippen LogP contribution is 2.26. The minimum atomic E-state index is -3.77. The van der Waals surface area contributed by atoms with Gasteiger partial charge >= 0.3 is 0 Å². The first-order valence-corrected chi connectivity index (χ1v) is 15.8. The van der Waals surface area contributed by atoms with Crippen molar-refractivity contribution in [3.8, 4) is 0 Å². The molecule has 1 saturated carbocycles. The van der Waals surface area contributed by atoms with Crippen LogP contribution in [0.15, 0.2) is 82.3 Å². The van der Waals surface area contributed by atoms with Crippen molar-refractivity contribution in [3.63, 3.8) is 0 Å². The lowest BCUT2D eigenvalue weighted by Gasteiger charge is -2.36. The Morgan fingerprint density at radius 1 is 0.974 bits per heavy atom. The van der Waals surface area contributed by atoms with Crippen LogP contribution < -0.4 is 0 Å². The van der Waals surface area contributed by atoms with E-state index in [0.29, 0.717) is 26.1 Å². The molecule has 1 aromatic heterocycles. The fourth-order valence-corrected chi connectivity index (χ4v) is 6.84. The Morgan fingerprint density at radius 2 is 1.68 bits per heavy atom. The van der Waals surface area contributed by atoms with E-state index in [9.17, 15) is 13.2 Å². The van der Waals surface area contributed by atoms with Crippen LogP contribution in [-0.2, 0) is 27.9 Å². The average molecular weight is 601 g/mol. The standard InChI is InChI=1S/C30H38BrN3O3S/c1-2-3-21-33(38(36,37)29-14-8-5-9-15-29)24-30(35)34(27-11-6-4-7-12-27)23-28-13-10-20-32(28)22-25-16-18-26(31)19-17-25/h5,8-10,13-20,27H,2-4,6-7,11-12,21-24H2,1H3. The molecule has 0 unspecified atom stereocenters. The Morgan fingerprint density at radius 3 is 2.37 bits per heavy atom. The zero-order chi connectivity index (χ0) is 27.0. The van der Waals surface area contributed by atoms with E-state index in [2.05, 4.69) is 38.7 Å². The van der Waals surface area contributed by atoms with Gasteiger partial charge in [-0.15, -0.1) is 0 Å². The number of carbonyl (C=O) groups excluding carboxylic acids is 1. The molecule has 0 bridgehead atoms. The van der Waals surface area contributed by atoms with Crippen molar-refractivity contribution in [1.82, 2.24) is 13.8 Å². The SMILES string of the molecule is CCCCN(CC(=O)N(Cc1cccn1Cc1ccc(Br)cc1)C1CCCCC1)S(=O)(=O)c1ccccc1. The molecular weight excluding hydrogens is 562 g/mol. The normalized spacial score (nSPS) is 14.6. The van der Waals surface area contributed by atoms with Crippen LogP contribution in [0.25, 0.3) is 0 Å². The Bertz CT molecular complexity index is 1270. The molecule has 0 spiro atoms. The average Bonchev–Trinajstić information content (AvgIpc) is 3.38. The molecule has 4 rings (SSSR count). The van der Waals surface area contributed by atoms with E-state index in [4.69, 9.17) is 0 Å². The molecule has 1 heterocycles. The van der Waals surface area contributed by atoms with Gasteiger partial charge in [-0.2, -0.15) is 4.31 Å². The smallest absolute Gasteiger partial charge is 0.243 e. The molecule has 1 fully saturated rings. The summed E-state index contributed by atoms with van der Waals surface area (Å²) in [5.74, 6) is -0.121. The highest BCUT2D eigenvalue weighted by molar-refractivity contribution is 9.10. The predicted octanol–water partition coefficient (Wildman–Crippen LogP) is 6.45. The number of hydrogen-bond acceptors (Lipinski definition) is 3. The van der Waals surface area contributed by atoms with Gasteiger partial charge in [0, 0.05) is 35.5 Å². The number of aromatic nitrogens is 1. The summed E-state index contributed by atoms with van der Waals surface area (Å²) in [6, 6.07) is 20.9. The van der Waals surface area contributed by atoms with E-state index in [0.717, 1.165) is 42.3 Å².